The Labute approximate surface area is 247 Å². The van der Waals surface area contributed by atoms with Gasteiger partial charge in [-0.2, -0.15) is 0 Å². The first-order valence-electron chi connectivity index (χ1n) is 13.4. The first kappa shape index (κ1) is 28.5. The van der Waals surface area contributed by atoms with E-state index < -0.39 is 24.1 Å². The number of carbonyl (C=O) groups excluding carboxylic acids is 2. The molecule has 1 aliphatic heterocycles. The number of nitrogens with one attached hydrogen (secondary N) is 1. The van der Waals surface area contributed by atoms with E-state index in [-0.39, 0.29) is 34.0 Å². The van der Waals surface area contributed by atoms with Crippen LogP contribution >= 0.6 is 0 Å². The molecule has 0 radical (unpaired) electrons. The number of hydrogen-bond acceptors (Lipinski definition) is 7. The van der Waals surface area contributed by atoms with Crippen molar-refractivity contribution in [3.63, 3.8) is 0 Å². The highest BCUT2D eigenvalue weighted by Crippen LogP contribution is 2.39. The Balaban J connectivity index is 1.43. The van der Waals surface area contributed by atoms with E-state index in [1.165, 1.54) is 36.4 Å². The van der Waals surface area contributed by atoms with Gasteiger partial charge in [0.1, 0.15) is 11.3 Å². The molecule has 2 heterocycles. The fourth-order valence-corrected chi connectivity index (χ4v) is 5.03. The number of amides is 2. The molecule has 222 valence electrons. The monoisotopic (exact) mass is 601 g/mol. The molecular weight excluding hydrogens is 579 g/mol. The van der Waals surface area contributed by atoms with Gasteiger partial charge in [-0.3, -0.25) is 9.59 Å². The summed E-state index contributed by atoms with van der Waals surface area (Å²) < 4.78 is 48.7. The van der Waals surface area contributed by atoms with Gasteiger partial charge in [0.15, 0.2) is 5.58 Å². The maximum absolute atomic E-state index is 13.3. The molecular formula is C32H22F3N3O6. The molecule has 0 unspecified atom stereocenters. The topological polar surface area (TPSA) is 122 Å². The number of halogens is 3. The van der Waals surface area contributed by atoms with Crippen LogP contribution in [0.4, 0.5) is 24.5 Å². The molecule has 0 atom stereocenters. The largest absolute Gasteiger partial charge is 0.573 e. The van der Waals surface area contributed by atoms with Gasteiger partial charge >= 0.3 is 12.3 Å². The van der Waals surface area contributed by atoms with Gasteiger partial charge in [0, 0.05) is 17.8 Å². The molecule has 0 aliphatic carbocycles. The number of rotatable bonds is 8. The number of fused-ring (bicyclic) bond motifs is 2. The van der Waals surface area contributed by atoms with E-state index >= 15 is 0 Å². The molecule has 0 spiro atoms. The van der Waals surface area contributed by atoms with Crippen molar-refractivity contribution in [2.24, 2.45) is 0 Å². The summed E-state index contributed by atoms with van der Waals surface area (Å²) in [4.78, 5) is 43.7. The fraction of sp³-hybridized carbons (Fsp3) is 0.125. The summed E-state index contributed by atoms with van der Waals surface area (Å²) in [6.07, 6.45) is -4.06. The molecule has 0 fully saturated rings. The Morgan fingerprint density at radius 2 is 1.70 bits per heavy atom. The molecule has 9 nitrogen and oxygen atoms in total. The van der Waals surface area contributed by atoms with Crippen molar-refractivity contribution in [2.75, 3.05) is 16.8 Å². The molecule has 2 N–H and O–H groups in total. The molecule has 4 aromatic carbocycles. The number of ether oxygens (including phenoxy) is 1. The number of hydrogen-bond donors (Lipinski definition) is 2. The van der Waals surface area contributed by atoms with Crippen molar-refractivity contribution in [1.29, 1.82) is 0 Å². The number of aromatic nitrogens is 1. The first-order valence-corrected chi connectivity index (χ1v) is 13.4. The van der Waals surface area contributed by atoms with E-state index in [0.29, 0.717) is 40.0 Å². The van der Waals surface area contributed by atoms with Gasteiger partial charge < -0.3 is 19.6 Å². The van der Waals surface area contributed by atoms with Crippen molar-refractivity contribution in [3.05, 3.63) is 95.6 Å². The molecule has 12 heteroatoms. The van der Waals surface area contributed by atoms with Gasteiger partial charge in [0.2, 0.25) is 5.89 Å². The molecule has 44 heavy (non-hydrogen) atoms. The second-order valence-electron chi connectivity index (χ2n) is 9.91. The lowest BCUT2D eigenvalue weighted by molar-refractivity contribution is -0.274. The number of aromatic carboxylic acids is 1. The van der Waals surface area contributed by atoms with Crippen molar-refractivity contribution in [1.82, 2.24) is 4.98 Å². The molecule has 0 bridgehead atoms. The van der Waals surface area contributed by atoms with Gasteiger partial charge in [-0.15, -0.1) is 13.2 Å². The predicted molar refractivity (Wildman–Crippen MR) is 155 cm³/mol. The Bertz CT molecular complexity index is 1970. The van der Waals surface area contributed by atoms with Gasteiger partial charge in [-0.25, -0.2) is 14.7 Å². The maximum atomic E-state index is 13.3. The SMILES string of the molecule is CCCNc1ccc(N2C(=O)c3ccc(C(=O)O)cc3C2=O)cc1-c1nc2c(-c3cccc(OC(F)(F)F)c3)cccc2o1. The van der Waals surface area contributed by atoms with Crippen LogP contribution in [0.25, 0.3) is 33.7 Å². The normalized spacial score (nSPS) is 13.0. The third-order valence-corrected chi connectivity index (χ3v) is 6.99. The molecule has 0 saturated heterocycles. The zero-order valence-corrected chi connectivity index (χ0v) is 22.9. The van der Waals surface area contributed by atoms with Crippen LogP contribution in [0, 0.1) is 0 Å². The maximum Gasteiger partial charge on any atom is 0.573 e. The van der Waals surface area contributed by atoms with Crippen molar-refractivity contribution < 1.29 is 41.8 Å². The van der Waals surface area contributed by atoms with Gasteiger partial charge in [0.25, 0.3) is 11.8 Å². The molecule has 5 aromatic rings. The lowest BCUT2D eigenvalue weighted by atomic mass is 10.0. The van der Waals surface area contributed by atoms with Gasteiger partial charge in [-0.1, -0.05) is 31.2 Å². The van der Waals surface area contributed by atoms with Crippen molar-refractivity contribution in [3.8, 4) is 28.3 Å². The average molecular weight is 602 g/mol. The standard InChI is InChI=1S/C32H22F3N3O6/c1-2-13-36-25-12-10-19(38-29(39)22-11-9-18(31(41)42)15-23(22)30(38)40)16-24(25)28-37-27-21(7-4-8-26(27)43-28)17-5-3-6-20(14-17)44-32(33,34)35/h3-12,14-16,36H,2,13H2,1H3,(H,41,42). The summed E-state index contributed by atoms with van der Waals surface area (Å²) in [5, 5.41) is 12.6. The Morgan fingerprint density at radius 1 is 0.932 bits per heavy atom. The molecule has 2 amide bonds. The summed E-state index contributed by atoms with van der Waals surface area (Å²) >= 11 is 0. The predicted octanol–water partition coefficient (Wildman–Crippen LogP) is 7.38. The minimum absolute atomic E-state index is 0.0205. The molecule has 0 saturated carbocycles. The number of carboxylic acids is 1. The van der Waals surface area contributed by atoms with Crippen LogP contribution in [0.1, 0.15) is 44.4 Å². The lowest BCUT2D eigenvalue weighted by Gasteiger charge is -2.17. The summed E-state index contributed by atoms with van der Waals surface area (Å²) in [5.41, 5.74) is 2.83. The van der Waals surface area contributed by atoms with E-state index in [0.717, 1.165) is 11.3 Å². The zero-order chi connectivity index (χ0) is 31.2. The lowest BCUT2D eigenvalue weighted by Crippen LogP contribution is -2.29. The minimum Gasteiger partial charge on any atom is -0.478 e. The van der Waals surface area contributed by atoms with Gasteiger partial charge in [-0.05, 0) is 66.6 Å². The minimum atomic E-state index is -4.85. The number of nitrogens with zero attached hydrogens (tertiary/aromatic N) is 2. The number of anilines is 2. The quantitative estimate of drug-likeness (QED) is 0.177. The van der Waals surface area contributed by atoms with E-state index in [2.05, 4.69) is 15.0 Å². The number of benzene rings is 4. The zero-order valence-electron chi connectivity index (χ0n) is 22.9. The highest BCUT2D eigenvalue weighted by Gasteiger charge is 2.38. The number of alkyl halides is 3. The number of para-hydroxylation sites is 1. The molecule has 1 aliphatic rings. The number of oxazole rings is 1. The summed E-state index contributed by atoms with van der Waals surface area (Å²) in [6.45, 7) is 2.57. The van der Waals surface area contributed by atoms with Crippen LogP contribution in [0.15, 0.2) is 83.3 Å². The van der Waals surface area contributed by atoms with Crippen molar-refractivity contribution in [2.45, 2.75) is 19.7 Å². The van der Waals surface area contributed by atoms with Crippen LogP contribution in [-0.4, -0.2) is 40.8 Å². The second kappa shape index (κ2) is 10.9. The molecule has 1 aromatic heterocycles. The summed E-state index contributed by atoms with van der Waals surface area (Å²) in [5.74, 6) is -2.75. The highest BCUT2D eigenvalue weighted by atomic mass is 19.4. The van der Waals surface area contributed by atoms with E-state index in [1.54, 1.807) is 42.5 Å². The number of carboxylic acid groups (broad SMARTS) is 1. The number of carbonyl (C=O) groups is 3. The Kier molecular flexibility index (Phi) is 7.04. The van der Waals surface area contributed by atoms with Gasteiger partial charge in [0.05, 0.1) is 27.9 Å². The van der Waals surface area contributed by atoms with E-state index in [9.17, 15) is 32.7 Å². The smallest absolute Gasteiger partial charge is 0.478 e. The van der Waals surface area contributed by atoms with Crippen LogP contribution < -0.4 is 15.0 Å². The second-order valence-corrected chi connectivity index (χ2v) is 9.91. The van der Waals surface area contributed by atoms with Crippen LogP contribution in [0.3, 0.4) is 0 Å². The van der Waals surface area contributed by atoms with Crippen LogP contribution in [0.5, 0.6) is 5.75 Å². The summed E-state index contributed by atoms with van der Waals surface area (Å²) in [7, 11) is 0. The van der Waals surface area contributed by atoms with Crippen LogP contribution in [-0.2, 0) is 0 Å². The van der Waals surface area contributed by atoms with E-state index in [4.69, 9.17) is 4.42 Å². The summed E-state index contributed by atoms with van der Waals surface area (Å²) in [6, 6.07) is 19.1. The molecule has 6 rings (SSSR count). The first-order chi connectivity index (χ1) is 21.0. The van der Waals surface area contributed by atoms with E-state index in [1.807, 2.05) is 6.92 Å². The Morgan fingerprint density at radius 3 is 2.45 bits per heavy atom. The average Bonchev–Trinajstić information content (AvgIpc) is 3.53. The fourth-order valence-electron chi connectivity index (χ4n) is 5.03. The third kappa shape index (κ3) is 5.21. The third-order valence-electron chi connectivity index (χ3n) is 6.99. The van der Waals surface area contributed by atoms with Crippen molar-refractivity contribution >= 4 is 40.3 Å². The Hall–Kier alpha value is -5.65. The highest BCUT2D eigenvalue weighted by molar-refractivity contribution is 6.34. The van der Waals surface area contributed by atoms with Crippen LogP contribution in [0.2, 0.25) is 0 Å². The number of imide groups is 1.